The summed E-state index contributed by atoms with van der Waals surface area (Å²) in [7, 11) is -8.36. The molecule has 2 aromatic heterocycles. The number of aryl methyl sites for hydroxylation is 1. The molecule has 58 heavy (non-hydrogen) atoms. The van der Waals surface area contributed by atoms with E-state index in [4.69, 9.17) is 31.2 Å². The molecule has 1 aromatic carbocycles. The maximum Gasteiger partial charge on any atom is 0.297 e. The Balaban J connectivity index is 0.000000382. The van der Waals surface area contributed by atoms with E-state index in [0.717, 1.165) is 71.0 Å². The van der Waals surface area contributed by atoms with Gasteiger partial charge >= 0.3 is 0 Å². The van der Waals surface area contributed by atoms with Gasteiger partial charge in [-0.2, -0.15) is 28.8 Å². The Bertz CT molecular complexity index is 2000. The maximum atomic E-state index is 13.1. The molecule has 0 amide bonds. The van der Waals surface area contributed by atoms with E-state index in [1.807, 2.05) is 20.8 Å². The smallest absolute Gasteiger partial charge is 0.297 e. The average molecular weight is 955 g/mol. The molecule has 2 aliphatic rings. The molecule has 0 aliphatic carbocycles. The summed E-state index contributed by atoms with van der Waals surface area (Å²) in [6.07, 6.45) is 0.0671. The molecular formula is C32H54N6O13S7. The zero-order chi connectivity index (χ0) is 42.2. The summed E-state index contributed by atoms with van der Waals surface area (Å²) in [5, 5.41) is 3.33. The van der Waals surface area contributed by atoms with E-state index in [-0.39, 0.29) is 41.2 Å². The number of hydrogen-bond donors (Lipinski definition) is 4. The zero-order valence-corrected chi connectivity index (χ0v) is 37.7. The highest BCUT2D eigenvalue weighted by Crippen LogP contribution is 2.45. The third-order valence-corrected chi connectivity index (χ3v) is 17.6. The Morgan fingerprint density at radius 3 is 1.76 bits per heavy atom. The third-order valence-electron chi connectivity index (χ3n) is 7.86. The molecule has 2 aliphatic heterocycles. The van der Waals surface area contributed by atoms with Crippen LogP contribution in [-0.4, -0.2) is 101 Å². The molecule has 4 heterocycles. The van der Waals surface area contributed by atoms with E-state index >= 15 is 0 Å². The Kier molecular flexibility index (Phi) is 23.3. The van der Waals surface area contributed by atoms with Crippen molar-refractivity contribution in [1.29, 1.82) is 0 Å². The van der Waals surface area contributed by atoms with Crippen molar-refractivity contribution in [2.45, 2.75) is 74.9 Å². The van der Waals surface area contributed by atoms with E-state index in [0.29, 0.717) is 51.8 Å². The van der Waals surface area contributed by atoms with Gasteiger partial charge in [-0.25, -0.2) is 16.8 Å². The van der Waals surface area contributed by atoms with Crippen molar-refractivity contribution >= 4 is 76.9 Å². The molecule has 7 N–H and O–H groups in total. The van der Waals surface area contributed by atoms with Crippen LogP contribution in [-0.2, 0) is 62.5 Å². The SMILES string of the molecule is C.CCN.CCN[C@H]1CN(CCCOC)S(=O)(=O)c2sc(SOON)cc21.COCCCN1CC(OS(=O)(=O)c2ccc(C)cc2)c2cc(SOON)sc2S1(=O)=O. The molecule has 2 atom stereocenters. The van der Waals surface area contributed by atoms with E-state index in [2.05, 4.69) is 24.0 Å². The van der Waals surface area contributed by atoms with E-state index in [9.17, 15) is 25.3 Å². The third kappa shape index (κ3) is 14.4. The first-order valence-corrected chi connectivity index (χ1v) is 24.6. The maximum absolute atomic E-state index is 13.1. The Labute approximate surface area is 358 Å². The molecule has 19 nitrogen and oxygen atoms in total. The van der Waals surface area contributed by atoms with Gasteiger partial charge < -0.3 is 20.5 Å². The molecule has 26 heteroatoms. The largest absolute Gasteiger partial charge is 0.385 e. The molecule has 5 rings (SSSR count). The predicted octanol–water partition coefficient (Wildman–Crippen LogP) is 4.24. The Morgan fingerprint density at radius 2 is 1.29 bits per heavy atom. The highest BCUT2D eigenvalue weighted by Gasteiger charge is 2.42. The summed E-state index contributed by atoms with van der Waals surface area (Å²) < 4.78 is 106. The van der Waals surface area contributed by atoms with Gasteiger partial charge in [-0.1, -0.05) is 39.0 Å². The van der Waals surface area contributed by atoms with Crippen LogP contribution in [0, 0.1) is 6.92 Å². The summed E-state index contributed by atoms with van der Waals surface area (Å²) in [5.41, 5.74) is 6.76. The predicted molar refractivity (Wildman–Crippen MR) is 224 cm³/mol. The van der Waals surface area contributed by atoms with Crippen molar-refractivity contribution in [3.8, 4) is 0 Å². The fraction of sp³-hybridized carbons (Fsp3) is 0.562. The summed E-state index contributed by atoms with van der Waals surface area (Å²) >= 11 is 3.69. The number of sulfonamides is 2. The van der Waals surface area contributed by atoms with Crippen LogP contribution in [0.15, 0.2) is 58.1 Å². The molecule has 0 radical (unpaired) electrons. The fourth-order valence-corrected chi connectivity index (χ4v) is 14.5. The minimum atomic E-state index is -4.14. The number of nitrogens with two attached hydrogens (primary N) is 3. The fourth-order valence-electron chi connectivity index (χ4n) is 5.42. The number of methoxy groups -OCH3 is 2. The molecule has 0 spiro atoms. The van der Waals surface area contributed by atoms with Gasteiger partial charge in [0, 0.05) is 70.8 Å². The van der Waals surface area contributed by atoms with Crippen molar-refractivity contribution in [1.82, 2.24) is 13.9 Å². The first kappa shape index (κ1) is 52.8. The molecule has 0 saturated heterocycles. The Morgan fingerprint density at radius 1 is 0.828 bits per heavy atom. The summed E-state index contributed by atoms with van der Waals surface area (Å²) in [6, 6.07) is 9.47. The monoisotopic (exact) mass is 954 g/mol. The lowest BCUT2D eigenvalue weighted by molar-refractivity contribution is -0.195. The molecule has 0 saturated carbocycles. The van der Waals surface area contributed by atoms with Crippen LogP contribution in [0.25, 0.3) is 0 Å². The Hall–Kier alpha value is -1.35. The van der Waals surface area contributed by atoms with Gasteiger partial charge in [0.15, 0.2) is 0 Å². The lowest BCUT2D eigenvalue weighted by Crippen LogP contribution is -2.43. The minimum absolute atomic E-state index is 0. The molecule has 332 valence electrons. The number of nitrogens with zero attached hydrogens (tertiary/aromatic N) is 2. The van der Waals surface area contributed by atoms with Crippen LogP contribution in [0.1, 0.15) is 63.0 Å². The molecule has 3 aromatic rings. The van der Waals surface area contributed by atoms with Gasteiger partial charge in [-0.3, -0.25) is 4.18 Å². The quantitative estimate of drug-likeness (QED) is 0.0430. The van der Waals surface area contributed by atoms with Crippen LogP contribution in [0.4, 0.5) is 0 Å². The number of benzene rings is 1. The number of fused-ring (bicyclic) bond motifs is 2. The molecule has 0 fully saturated rings. The minimum Gasteiger partial charge on any atom is -0.385 e. The number of rotatable bonds is 19. The topological polar surface area (TPSA) is 264 Å². The van der Waals surface area contributed by atoms with Crippen LogP contribution >= 0.6 is 46.8 Å². The summed E-state index contributed by atoms with van der Waals surface area (Å²) in [6.45, 7) is 8.95. The zero-order valence-electron chi connectivity index (χ0n) is 32.0. The van der Waals surface area contributed by atoms with Gasteiger partial charge in [0.2, 0.25) is 0 Å². The number of ether oxygens (including phenoxy) is 2. The van der Waals surface area contributed by atoms with E-state index in [1.165, 1.54) is 33.9 Å². The van der Waals surface area contributed by atoms with Crippen molar-refractivity contribution in [3.05, 3.63) is 53.1 Å². The number of hydrogen-bond acceptors (Lipinski definition) is 21. The van der Waals surface area contributed by atoms with Crippen LogP contribution in [0.3, 0.4) is 0 Å². The second kappa shape index (κ2) is 25.6. The second-order valence-electron chi connectivity index (χ2n) is 11.9. The lowest BCUT2D eigenvalue weighted by atomic mass is 10.1. The highest BCUT2D eigenvalue weighted by molar-refractivity contribution is 7.98. The average Bonchev–Trinajstić information content (AvgIpc) is 3.81. The lowest BCUT2D eigenvalue weighted by Gasteiger charge is -2.32. The van der Waals surface area contributed by atoms with Gasteiger partial charge in [0.05, 0.1) is 37.4 Å². The molecule has 1 unspecified atom stereocenters. The van der Waals surface area contributed by atoms with Crippen molar-refractivity contribution < 1.29 is 57.6 Å². The van der Waals surface area contributed by atoms with Crippen LogP contribution in [0.5, 0.6) is 0 Å². The normalized spacial score (nSPS) is 18.5. The number of likely N-dealkylation sites (N-methyl/N-ethyl adjacent to an activating group) is 1. The van der Waals surface area contributed by atoms with Crippen LogP contribution < -0.4 is 22.8 Å². The van der Waals surface area contributed by atoms with Gasteiger partial charge in [0.25, 0.3) is 30.2 Å². The van der Waals surface area contributed by atoms with Crippen molar-refractivity contribution in [3.63, 3.8) is 0 Å². The van der Waals surface area contributed by atoms with Crippen molar-refractivity contribution in [2.24, 2.45) is 17.5 Å². The standard InChI is InChI=1S/C17H22N2O8S4.C12H21N3O5S3.C2H7N.CH4/c1-12-4-6-13(7-5-12)31(22,23)25-15-11-19(8-3-9-24-2)30(20,21)17-14(15)10-16(28-17)29-27-26-18;1-3-14-10-8-15(5-4-6-18-2)23(16,17)12-9(10)7-11(21-12)22-20-19-13;1-2-3;/h4-7,10,15H,3,8-9,11,18H2,1-2H3;7,10,14H,3-6,8,13H2,1-2H3;2-3H2,1H3;1H4/t;10-;;/m.0../s1. The van der Waals surface area contributed by atoms with Gasteiger partial charge in [-0.15, -0.1) is 41.3 Å². The van der Waals surface area contributed by atoms with Crippen LogP contribution in [0.2, 0.25) is 0 Å². The number of nitrogens with one attached hydrogen (secondary N) is 1. The van der Waals surface area contributed by atoms with Gasteiger partial charge in [-0.05, 0) is 57.1 Å². The summed E-state index contributed by atoms with van der Waals surface area (Å²) in [5.74, 6) is 9.67. The molecule has 0 bridgehead atoms. The molecular weight excluding hydrogens is 901 g/mol. The van der Waals surface area contributed by atoms with E-state index in [1.54, 1.807) is 25.3 Å². The summed E-state index contributed by atoms with van der Waals surface area (Å²) in [4.78, 5) is 8.12. The first-order valence-electron chi connectivity index (χ1n) is 17.2. The van der Waals surface area contributed by atoms with E-state index < -0.39 is 36.3 Å². The first-order chi connectivity index (χ1) is 27.1. The number of thiophene rings is 2. The second-order valence-corrected chi connectivity index (χ2v) is 21.8. The highest BCUT2D eigenvalue weighted by atomic mass is 32.3. The van der Waals surface area contributed by atoms with Gasteiger partial charge in [0.1, 0.15) is 14.5 Å². The van der Waals surface area contributed by atoms with Crippen molar-refractivity contribution in [2.75, 3.05) is 66.7 Å².